The molecule has 0 aliphatic heterocycles. The first-order valence-electron chi connectivity index (χ1n) is 4.93. The van der Waals surface area contributed by atoms with E-state index in [1.54, 1.807) is 0 Å². The van der Waals surface area contributed by atoms with E-state index in [1.807, 2.05) is 0 Å². The van der Waals surface area contributed by atoms with Crippen molar-refractivity contribution in [2.45, 2.75) is 19.3 Å². The molecule has 0 aromatic rings. The van der Waals surface area contributed by atoms with E-state index in [0.717, 1.165) is 6.08 Å². The van der Waals surface area contributed by atoms with Crippen molar-refractivity contribution in [1.82, 2.24) is 0 Å². The Balaban J connectivity index is 3.74. The Labute approximate surface area is 99.5 Å². The fraction of sp³-hybridized carbons (Fsp3) is 0.455. The van der Waals surface area contributed by atoms with Crippen molar-refractivity contribution in [1.29, 1.82) is 0 Å². The summed E-state index contributed by atoms with van der Waals surface area (Å²) in [6, 6.07) is 0. The molecule has 17 heavy (non-hydrogen) atoms. The molecule has 0 saturated heterocycles. The third-order valence-electron chi connectivity index (χ3n) is 1.61. The minimum Gasteiger partial charge on any atom is -0.461 e. The minimum absolute atomic E-state index is 0.0149. The van der Waals surface area contributed by atoms with Gasteiger partial charge in [0.05, 0.1) is 6.61 Å². The molecule has 0 saturated carbocycles. The molecule has 6 nitrogen and oxygen atoms in total. The summed E-state index contributed by atoms with van der Waals surface area (Å²) in [5, 5.41) is 8.92. The molecule has 0 bridgehead atoms. The Kier molecular flexibility index (Phi) is 7.66. The molecule has 6 heteroatoms. The van der Waals surface area contributed by atoms with Crippen LogP contribution in [0.25, 0.3) is 0 Å². The van der Waals surface area contributed by atoms with Gasteiger partial charge in [-0.05, 0) is 13.0 Å². The third kappa shape index (κ3) is 7.26. The Morgan fingerprint density at radius 3 is 2.53 bits per heavy atom. The lowest BCUT2D eigenvalue weighted by molar-refractivity contribution is -0.166. The quantitative estimate of drug-likeness (QED) is 0.215. The monoisotopic (exact) mass is 244 g/mol. The molecule has 0 fully saturated rings. The van der Waals surface area contributed by atoms with Crippen LogP contribution in [-0.4, -0.2) is 42.7 Å². The van der Waals surface area contributed by atoms with Gasteiger partial charge in [-0.2, -0.15) is 0 Å². The number of rotatable bonds is 8. The van der Waals surface area contributed by atoms with E-state index in [0.29, 0.717) is 0 Å². The second-order valence-corrected chi connectivity index (χ2v) is 2.95. The first kappa shape index (κ1) is 15.3. The van der Waals surface area contributed by atoms with Crippen LogP contribution in [0.4, 0.5) is 0 Å². The highest BCUT2D eigenvalue weighted by atomic mass is 16.6. The molecule has 0 aliphatic rings. The lowest BCUT2D eigenvalue weighted by atomic mass is 10.4. The molecule has 0 aliphatic carbocycles. The molecular formula is C11H16O6. The summed E-state index contributed by atoms with van der Waals surface area (Å²) < 4.78 is 14.1. The molecule has 96 valence electrons. The SMILES string of the molecule is C=CC(=O)OC(C)C(=O)OCCOC(O)C=C. The van der Waals surface area contributed by atoms with Crippen molar-refractivity contribution >= 4 is 11.9 Å². The molecule has 0 aromatic carbocycles. The van der Waals surface area contributed by atoms with Gasteiger partial charge >= 0.3 is 11.9 Å². The van der Waals surface area contributed by atoms with Gasteiger partial charge in [0.2, 0.25) is 0 Å². The number of carbonyl (C=O) groups excluding carboxylic acids is 2. The predicted molar refractivity (Wildman–Crippen MR) is 58.9 cm³/mol. The molecule has 2 atom stereocenters. The summed E-state index contributed by atoms with van der Waals surface area (Å²) in [6.45, 7) is 7.83. The van der Waals surface area contributed by atoms with Crippen LogP contribution in [0.3, 0.4) is 0 Å². The molecule has 0 aromatic heterocycles. The van der Waals surface area contributed by atoms with Gasteiger partial charge < -0.3 is 19.3 Å². The van der Waals surface area contributed by atoms with Crippen LogP contribution in [0.5, 0.6) is 0 Å². The van der Waals surface area contributed by atoms with Gasteiger partial charge in [-0.3, -0.25) is 0 Å². The summed E-state index contributed by atoms with van der Waals surface area (Å²) in [4.78, 5) is 22.0. The van der Waals surface area contributed by atoms with Crippen LogP contribution in [0.1, 0.15) is 6.92 Å². The summed E-state index contributed by atoms with van der Waals surface area (Å²) in [7, 11) is 0. The van der Waals surface area contributed by atoms with Gasteiger partial charge in [-0.15, -0.1) is 0 Å². The zero-order valence-electron chi connectivity index (χ0n) is 9.63. The van der Waals surface area contributed by atoms with Crippen LogP contribution in [-0.2, 0) is 23.8 Å². The zero-order valence-corrected chi connectivity index (χ0v) is 9.63. The fourth-order valence-corrected chi connectivity index (χ4v) is 0.767. The first-order valence-corrected chi connectivity index (χ1v) is 4.93. The van der Waals surface area contributed by atoms with Crippen LogP contribution < -0.4 is 0 Å². The Bertz CT molecular complexity index is 286. The molecule has 2 unspecified atom stereocenters. The topological polar surface area (TPSA) is 82.1 Å². The summed E-state index contributed by atoms with van der Waals surface area (Å²) in [5.41, 5.74) is 0. The predicted octanol–water partition coefficient (Wildman–Crippen LogP) is 0.168. The number of hydrogen-bond donors (Lipinski definition) is 1. The Hall–Kier alpha value is -1.66. The molecule has 0 radical (unpaired) electrons. The zero-order chi connectivity index (χ0) is 13.3. The molecule has 0 heterocycles. The van der Waals surface area contributed by atoms with Crippen LogP contribution in [0, 0.1) is 0 Å². The van der Waals surface area contributed by atoms with E-state index in [2.05, 4.69) is 17.9 Å². The molecule has 0 rings (SSSR count). The Morgan fingerprint density at radius 2 is 2.00 bits per heavy atom. The van der Waals surface area contributed by atoms with E-state index < -0.39 is 24.3 Å². The number of carbonyl (C=O) groups is 2. The van der Waals surface area contributed by atoms with Crippen molar-refractivity contribution in [3.05, 3.63) is 25.3 Å². The summed E-state index contributed by atoms with van der Waals surface area (Å²) >= 11 is 0. The van der Waals surface area contributed by atoms with Gasteiger partial charge in [0.25, 0.3) is 0 Å². The van der Waals surface area contributed by atoms with Crippen LogP contribution in [0.2, 0.25) is 0 Å². The smallest absolute Gasteiger partial charge is 0.347 e. The average molecular weight is 244 g/mol. The van der Waals surface area contributed by atoms with Gasteiger partial charge in [-0.1, -0.05) is 13.2 Å². The summed E-state index contributed by atoms with van der Waals surface area (Å²) in [6.07, 6.45) is 0.0402. The van der Waals surface area contributed by atoms with E-state index >= 15 is 0 Å². The van der Waals surface area contributed by atoms with Crippen LogP contribution >= 0.6 is 0 Å². The number of aliphatic hydroxyl groups is 1. The lowest BCUT2D eigenvalue weighted by Crippen LogP contribution is -2.27. The number of aliphatic hydroxyl groups excluding tert-OH is 1. The summed E-state index contributed by atoms with van der Waals surface area (Å²) in [5.74, 6) is -1.40. The second-order valence-electron chi connectivity index (χ2n) is 2.95. The van der Waals surface area contributed by atoms with Gasteiger partial charge in [0, 0.05) is 6.08 Å². The standard InChI is InChI=1S/C11H16O6/c1-4-9(12)15-6-7-16-11(14)8(3)17-10(13)5-2/h4-5,8-9,12H,1-2,6-7H2,3H3. The van der Waals surface area contributed by atoms with Crippen molar-refractivity contribution in [2.75, 3.05) is 13.2 Å². The van der Waals surface area contributed by atoms with E-state index in [1.165, 1.54) is 13.0 Å². The van der Waals surface area contributed by atoms with Gasteiger partial charge in [0.1, 0.15) is 6.61 Å². The van der Waals surface area contributed by atoms with Gasteiger partial charge in [-0.25, -0.2) is 9.59 Å². The van der Waals surface area contributed by atoms with Crippen molar-refractivity contribution in [3.8, 4) is 0 Å². The second kappa shape index (κ2) is 8.49. The van der Waals surface area contributed by atoms with Crippen LogP contribution in [0.15, 0.2) is 25.3 Å². The molecule has 1 N–H and O–H groups in total. The van der Waals surface area contributed by atoms with E-state index in [4.69, 9.17) is 14.6 Å². The Morgan fingerprint density at radius 1 is 1.35 bits per heavy atom. The minimum atomic E-state index is -1.09. The molecule has 0 amide bonds. The maximum atomic E-state index is 11.2. The van der Waals surface area contributed by atoms with Crippen molar-refractivity contribution in [3.63, 3.8) is 0 Å². The van der Waals surface area contributed by atoms with Crippen molar-refractivity contribution < 1.29 is 28.9 Å². The largest absolute Gasteiger partial charge is 0.461 e. The normalized spacial score (nSPS) is 13.3. The highest BCUT2D eigenvalue weighted by Gasteiger charge is 2.17. The number of hydrogen-bond acceptors (Lipinski definition) is 6. The molecular weight excluding hydrogens is 228 g/mol. The highest BCUT2D eigenvalue weighted by Crippen LogP contribution is 1.96. The maximum absolute atomic E-state index is 11.2. The van der Waals surface area contributed by atoms with E-state index in [9.17, 15) is 9.59 Å². The van der Waals surface area contributed by atoms with E-state index in [-0.39, 0.29) is 13.2 Å². The lowest BCUT2D eigenvalue weighted by Gasteiger charge is -2.12. The molecule has 0 spiro atoms. The van der Waals surface area contributed by atoms with Gasteiger partial charge in [0.15, 0.2) is 12.4 Å². The fourth-order valence-electron chi connectivity index (χ4n) is 0.767. The number of ether oxygens (including phenoxy) is 3. The third-order valence-corrected chi connectivity index (χ3v) is 1.61. The maximum Gasteiger partial charge on any atom is 0.347 e. The highest BCUT2D eigenvalue weighted by molar-refractivity contribution is 5.84. The van der Waals surface area contributed by atoms with Crippen molar-refractivity contribution in [2.24, 2.45) is 0 Å². The average Bonchev–Trinajstić information content (AvgIpc) is 2.33. The first-order chi connectivity index (χ1) is 8.01. The number of esters is 2.